The first-order valence-electron chi connectivity index (χ1n) is 7.57. The summed E-state index contributed by atoms with van der Waals surface area (Å²) in [6, 6.07) is 9.86. The van der Waals surface area contributed by atoms with Crippen molar-refractivity contribution in [2.45, 2.75) is 45.6 Å². The second kappa shape index (κ2) is 7.99. The van der Waals surface area contributed by atoms with Crippen LogP contribution in [0.4, 0.5) is 0 Å². The molecule has 1 atom stereocenters. The second-order valence-electron chi connectivity index (χ2n) is 5.69. The highest BCUT2D eigenvalue weighted by Gasteiger charge is 2.09. The molecule has 2 rings (SSSR count). The summed E-state index contributed by atoms with van der Waals surface area (Å²) < 4.78 is 0. The van der Waals surface area contributed by atoms with Crippen LogP contribution < -0.4 is 5.32 Å². The van der Waals surface area contributed by atoms with Gasteiger partial charge in [0, 0.05) is 29.6 Å². The molecule has 0 radical (unpaired) electrons. The molecule has 5 heteroatoms. The number of nitrogens with one attached hydrogen (secondary N) is 2. The molecular formula is C17H22ClN3O. The summed E-state index contributed by atoms with van der Waals surface area (Å²) in [6.07, 6.45) is 3.00. The van der Waals surface area contributed by atoms with Gasteiger partial charge in [0.05, 0.1) is 5.69 Å². The molecule has 22 heavy (non-hydrogen) atoms. The quantitative estimate of drug-likeness (QED) is 0.821. The summed E-state index contributed by atoms with van der Waals surface area (Å²) in [6.45, 7) is 3.97. The Kier molecular flexibility index (Phi) is 6.01. The van der Waals surface area contributed by atoms with Crippen LogP contribution in [0, 0.1) is 6.92 Å². The van der Waals surface area contributed by atoms with Crippen molar-refractivity contribution in [3.8, 4) is 0 Å². The summed E-state index contributed by atoms with van der Waals surface area (Å²) in [7, 11) is 0. The number of aryl methyl sites for hydroxylation is 2. The van der Waals surface area contributed by atoms with E-state index in [0.717, 1.165) is 35.7 Å². The lowest BCUT2D eigenvalue weighted by atomic mass is 10.1. The predicted octanol–water partition coefficient (Wildman–Crippen LogP) is 3.44. The molecule has 1 aromatic heterocycles. The van der Waals surface area contributed by atoms with Crippen LogP contribution in [-0.2, 0) is 17.6 Å². The molecule has 1 amide bonds. The highest BCUT2D eigenvalue weighted by Crippen LogP contribution is 2.11. The van der Waals surface area contributed by atoms with Gasteiger partial charge in [-0.05, 0) is 50.5 Å². The van der Waals surface area contributed by atoms with E-state index in [2.05, 4.69) is 15.5 Å². The summed E-state index contributed by atoms with van der Waals surface area (Å²) in [4.78, 5) is 11.9. The Morgan fingerprint density at radius 3 is 2.73 bits per heavy atom. The first-order chi connectivity index (χ1) is 10.5. The number of H-pyrrole nitrogens is 1. The van der Waals surface area contributed by atoms with E-state index in [1.54, 1.807) is 0 Å². The van der Waals surface area contributed by atoms with E-state index in [0.29, 0.717) is 6.42 Å². The highest BCUT2D eigenvalue weighted by molar-refractivity contribution is 6.30. The zero-order valence-electron chi connectivity index (χ0n) is 13.0. The third kappa shape index (κ3) is 5.53. The van der Waals surface area contributed by atoms with Crippen molar-refractivity contribution in [2.75, 3.05) is 0 Å². The maximum atomic E-state index is 11.9. The van der Waals surface area contributed by atoms with Crippen LogP contribution >= 0.6 is 11.6 Å². The van der Waals surface area contributed by atoms with Gasteiger partial charge >= 0.3 is 0 Å². The average Bonchev–Trinajstić information content (AvgIpc) is 2.86. The van der Waals surface area contributed by atoms with Crippen molar-refractivity contribution < 1.29 is 4.79 Å². The minimum Gasteiger partial charge on any atom is -0.353 e. The number of aromatic amines is 1. The lowest BCUT2D eigenvalue weighted by molar-refractivity contribution is -0.121. The number of halogens is 1. The monoisotopic (exact) mass is 319 g/mol. The smallest absolute Gasteiger partial charge is 0.220 e. The molecule has 0 spiro atoms. The topological polar surface area (TPSA) is 57.8 Å². The van der Waals surface area contributed by atoms with Gasteiger partial charge in [-0.2, -0.15) is 5.10 Å². The molecule has 1 aromatic carbocycles. The molecule has 0 fully saturated rings. The summed E-state index contributed by atoms with van der Waals surface area (Å²) >= 11 is 5.85. The molecular weight excluding hydrogens is 298 g/mol. The molecule has 2 N–H and O–H groups in total. The summed E-state index contributed by atoms with van der Waals surface area (Å²) in [5.74, 6) is 0.0914. The molecule has 0 aliphatic carbocycles. The number of nitrogens with zero attached hydrogens (tertiary/aromatic N) is 1. The highest BCUT2D eigenvalue weighted by atomic mass is 35.5. The van der Waals surface area contributed by atoms with Crippen LogP contribution in [0.3, 0.4) is 0 Å². The molecule has 0 bridgehead atoms. The average molecular weight is 320 g/mol. The van der Waals surface area contributed by atoms with Gasteiger partial charge in [-0.1, -0.05) is 23.7 Å². The van der Waals surface area contributed by atoms with Crippen molar-refractivity contribution in [1.29, 1.82) is 0 Å². The van der Waals surface area contributed by atoms with Gasteiger partial charge in [0.2, 0.25) is 5.91 Å². The van der Waals surface area contributed by atoms with Gasteiger partial charge in [-0.25, -0.2) is 0 Å². The largest absolute Gasteiger partial charge is 0.353 e. The Labute approximate surface area is 136 Å². The van der Waals surface area contributed by atoms with Crippen molar-refractivity contribution in [3.05, 3.63) is 52.3 Å². The van der Waals surface area contributed by atoms with E-state index in [9.17, 15) is 4.79 Å². The molecule has 0 saturated heterocycles. The van der Waals surface area contributed by atoms with Crippen LogP contribution in [0.1, 0.15) is 36.7 Å². The van der Waals surface area contributed by atoms with E-state index in [4.69, 9.17) is 11.6 Å². The number of hydrogen-bond acceptors (Lipinski definition) is 2. The third-order valence-corrected chi connectivity index (χ3v) is 3.72. The van der Waals surface area contributed by atoms with Gasteiger partial charge in [-0.3, -0.25) is 9.89 Å². The second-order valence-corrected chi connectivity index (χ2v) is 6.13. The molecule has 4 nitrogen and oxygen atoms in total. The minimum atomic E-state index is 0.0886. The molecule has 0 aliphatic heterocycles. The van der Waals surface area contributed by atoms with Crippen molar-refractivity contribution in [2.24, 2.45) is 0 Å². The first kappa shape index (κ1) is 16.6. The van der Waals surface area contributed by atoms with E-state index < -0.39 is 0 Å². The molecule has 0 aliphatic rings. The lowest BCUT2D eigenvalue weighted by Gasteiger charge is -2.12. The lowest BCUT2D eigenvalue weighted by Crippen LogP contribution is -2.34. The van der Waals surface area contributed by atoms with Crippen LogP contribution in [0.25, 0.3) is 0 Å². The molecule has 1 heterocycles. The van der Waals surface area contributed by atoms with Gasteiger partial charge < -0.3 is 5.32 Å². The Bertz CT molecular complexity index is 607. The molecule has 0 saturated carbocycles. The number of aromatic nitrogens is 2. The maximum Gasteiger partial charge on any atom is 0.220 e. The van der Waals surface area contributed by atoms with Gasteiger partial charge in [0.1, 0.15) is 0 Å². The number of carbonyl (C=O) groups is 1. The number of rotatable bonds is 7. The first-order valence-corrected chi connectivity index (χ1v) is 7.95. The number of amides is 1. The Morgan fingerprint density at radius 1 is 1.36 bits per heavy atom. The normalized spacial score (nSPS) is 12.1. The Balaban J connectivity index is 1.67. The van der Waals surface area contributed by atoms with Crippen LogP contribution in [0.2, 0.25) is 5.02 Å². The predicted molar refractivity (Wildman–Crippen MR) is 89.0 cm³/mol. The van der Waals surface area contributed by atoms with Crippen LogP contribution in [0.5, 0.6) is 0 Å². The Morgan fingerprint density at radius 2 is 2.09 bits per heavy atom. The fourth-order valence-electron chi connectivity index (χ4n) is 2.39. The fourth-order valence-corrected chi connectivity index (χ4v) is 2.52. The van der Waals surface area contributed by atoms with E-state index in [1.807, 2.05) is 44.2 Å². The molecule has 118 valence electrons. The van der Waals surface area contributed by atoms with Crippen molar-refractivity contribution in [1.82, 2.24) is 15.5 Å². The molecule has 0 unspecified atom stereocenters. The third-order valence-electron chi connectivity index (χ3n) is 3.46. The summed E-state index contributed by atoms with van der Waals surface area (Å²) in [5.41, 5.74) is 3.22. The minimum absolute atomic E-state index is 0.0886. The van der Waals surface area contributed by atoms with Gasteiger partial charge in [0.25, 0.3) is 0 Å². The SMILES string of the molecule is Cc1cc(C[C@@H](C)NC(=O)CCCc2ccc(Cl)cc2)n[nH]1. The number of benzene rings is 1. The van der Waals surface area contributed by atoms with Crippen molar-refractivity contribution in [3.63, 3.8) is 0 Å². The fraction of sp³-hybridized carbons (Fsp3) is 0.412. The standard InChI is InChI=1S/C17H22ClN3O/c1-12(10-16-11-13(2)20-21-16)19-17(22)5-3-4-14-6-8-15(18)9-7-14/h6-9,11-12H,3-5,10H2,1-2H3,(H,19,22)(H,20,21)/t12-/m1/s1. The van der Waals surface area contributed by atoms with E-state index in [1.165, 1.54) is 5.56 Å². The zero-order valence-corrected chi connectivity index (χ0v) is 13.8. The summed E-state index contributed by atoms with van der Waals surface area (Å²) in [5, 5.41) is 10.9. The van der Waals surface area contributed by atoms with Gasteiger partial charge in [0.15, 0.2) is 0 Å². The molecule has 2 aromatic rings. The van der Waals surface area contributed by atoms with Crippen molar-refractivity contribution >= 4 is 17.5 Å². The van der Waals surface area contributed by atoms with E-state index >= 15 is 0 Å². The maximum absolute atomic E-state index is 11.9. The van der Waals surface area contributed by atoms with Gasteiger partial charge in [-0.15, -0.1) is 0 Å². The van der Waals surface area contributed by atoms with Crippen LogP contribution in [-0.4, -0.2) is 22.1 Å². The van der Waals surface area contributed by atoms with Crippen LogP contribution in [0.15, 0.2) is 30.3 Å². The zero-order chi connectivity index (χ0) is 15.9. The number of carbonyl (C=O) groups excluding carboxylic acids is 1. The Hall–Kier alpha value is -1.81. The number of hydrogen-bond donors (Lipinski definition) is 2. The van der Waals surface area contributed by atoms with E-state index in [-0.39, 0.29) is 11.9 Å².